The van der Waals surface area contributed by atoms with Crippen molar-refractivity contribution >= 4 is 28.9 Å². The molecule has 2 rings (SSSR count). The fourth-order valence-electron chi connectivity index (χ4n) is 1.94. The Labute approximate surface area is 140 Å². The van der Waals surface area contributed by atoms with Gasteiger partial charge in [-0.3, -0.25) is 29.7 Å². The first-order valence-corrected chi connectivity index (χ1v) is 7.14. The van der Waals surface area contributed by atoms with Gasteiger partial charge in [0.15, 0.2) is 0 Å². The highest BCUT2D eigenvalue weighted by Crippen LogP contribution is 2.22. The second-order valence-corrected chi connectivity index (χ2v) is 5.22. The summed E-state index contributed by atoms with van der Waals surface area (Å²) < 4.78 is 1.60. The van der Waals surface area contributed by atoms with E-state index in [0.717, 1.165) is 18.2 Å². The van der Waals surface area contributed by atoms with Crippen molar-refractivity contribution in [3.63, 3.8) is 0 Å². The zero-order valence-corrected chi connectivity index (χ0v) is 13.0. The molecule has 1 N–H and O–H groups in total. The molecule has 10 nitrogen and oxygen atoms in total. The minimum Gasteiger partial charge on any atom is -0.352 e. The van der Waals surface area contributed by atoms with Crippen molar-refractivity contribution in [1.29, 1.82) is 0 Å². The van der Waals surface area contributed by atoms with Crippen molar-refractivity contribution in [1.82, 2.24) is 15.1 Å². The molecule has 0 atom stereocenters. The van der Waals surface area contributed by atoms with Crippen LogP contribution in [0.5, 0.6) is 0 Å². The van der Waals surface area contributed by atoms with Gasteiger partial charge in [-0.15, -0.1) is 0 Å². The molecular formula is C13H12ClN5O5. The number of halogens is 1. The van der Waals surface area contributed by atoms with E-state index in [9.17, 15) is 25.0 Å². The number of carbonyl (C=O) groups is 1. The minimum atomic E-state index is -0.786. The molecule has 126 valence electrons. The number of rotatable bonds is 7. The lowest BCUT2D eigenvalue weighted by molar-refractivity contribution is -0.394. The SMILES string of the molecule is O=C(NCCCn1cc(Cl)cn1)c1cc([N+](=O)[O-])cc([N+](=O)[O-])c1. The number of hydrogen-bond acceptors (Lipinski definition) is 6. The number of nitro groups is 2. The number of nitrogens with zero attached hydrogens (tertiary/aromatic N) is 4. The Balaban J connectivity index is 1.98. The van der Waals surface area contributed by atoms with Gasteiger partial charge in [0.1, 0.15) is 0 Å². The third kappa shape index (κ3) is 4.49. The van der Waals surface area contributed by atoms with Gasteiger partial charge in [-0.25, -0.2) is 0 Å². The van der Waals surface area contributed by atoms with Crippen LogP contribution in [0.25, 0.3) is 0 Å². The van der Waals surface area contributed by atoms with Crippen LogP contribution in [-0.4, -0.2) is 32.1 Å². The molecule has 0 spiro atoms. The van der Waals surface area contributed by atoms with Crippen molar-refractivity contribution in [2.45, 2.75) is 13.0 Å². The Hall–Kier alpha value is -3.01. The highest BCUT2D eigenvalue weighted by atomic mass is 35.5. The van der Waals surface area contributed by atoms with E-state index >= 15 is 0 Å². The molecule has 2 aromatic rings. The normalized spacial score (nSPS) is 10.4. The number of aromatic nitrogens is 2. The zero-order valence-electron chi connectivity index (χ0n) is 12.2. The molecule has 1 amide bonds. The summed E-state index contributed by atoms with van der Waals surface area (Å²) in [5.41, 5.74) is -1.17. The van der Waals surface area contributed by atoms with Gasteiger partial charge in [0.25, 0.3) is 17.3 Å². The van der Waals surface area contributed by atoms with Crippen LogP contribution < -0.4 is 5.32 Å². The van der Waals surface area contributed by atoms with E-state index < -0.39 is 27.1 Å². The van der Waals surface area contributed by atoms with E-state index in [2.05, 4.69) is 10.4 Å². The van der Waals surface area contributed by atoms with Crippen molar-refractivity contribution in [2.24, 2.45) is 0 Å². The Kier molecular flexibility index (Phi) is 5.42. The molecule has 0 radical (unpaired) electrons. The maximum Gasteiger partial charge on any atom is 0.277 e. The summed E-state index contributed by atoms with van der Waals surface area (Å²) in [6.07, 6.45) is 3.66. The number of aryl methyl sites for hydroxylation is 1. The van der Waals surface area contributed by atoms with E-state index in [1.165, 1.54) is 6.20 Å². The fraction of sp³-hybridized carbons (Fsp3) is 0.231. The molecule has 24 heavy (non-hydrogen) atoms. The van der Waals surface area contributed by atoms with Gasteiger partial charge in [0.05, 0.1) is 32.7 Å². The van der Waals surface area contributed by atoms with Crippen LogP contribution in [0, 0.1) is 20.2 Å². The highest BCUT2D eigenvalue weighted by molar-refractivity contribution is 6.30. The maximum atomic E-state index is 12.0. The number of hydrogen-bond donors (Lipinski definition) is 1. The lowest BCUT2D eigenvalue weighted by Crippen LogP contribution is -2.25. The number of carbonyl (C=O) groups excluding carboxylic acids is 1. The predicted molar refractivity (Wildman–Crippen MR) is 83.9 cm³/mol. The molecule has 0 aliphatic rings. The topological polar surface area (TPSA) is 133 Å². The van der Waals surface area contributed by atoms with Crippen molar-refractivity contribution in [3.8, 4) is 0 Å². The number of amides is 1. The highest BCUT2D eigenvalue weighted by Gasteiger charge is 2.19. The lowest BCUT2D eigenvalue weighted by atomic mass is 10.1. The van der Waals surface area contributed by atoms with Crippen LogP contribution in [0.1, 0.15) is 16.8 Å². The Morgan fingerprint density at radius 3 is 2.33 bits per heavy atom. The van der Waals surface area contributed by atoms with Crippen LogP contribution in [0.15, 0.2) is 30.6 Å². The first-order valence-electron chi connectivity index (χ1n) is 6.77. The van der Waals surface area contributed by atoms with Gasteiger partial charge < -0.3 is 5.32 Å². The number of benzene rings is 1. The van der Waals surface area contributed by atoms with E-state index in [1.807, 2.05) is 0 Å². The molecular weight excluding hydrogens is 342 g/mol. The molecule has 0 unspecified atom stereocenters. The van der Waals surface area contributed by atoms with Gasteiger partial charge >= 0.3 is 0 Å². The summed E-state index contributed by atoms with van der Waals surface area (Å²) in [5, 5.41) is 28.6. The number of non-ortho nitro benzene ring substituents is 2. The summed E-state index contributed by atoms with van der Waals surface area (Å²) >= 11 is 5.72. The second kappa shape index (κ2) is 7.51. The van der Waals surface area contributed by atoms with Crippen LogP contribution in [0.3, 0.4) is 0 Å². The van der Waals surface area contributed by atoms with Gasteiger partial charge in [-0.2, -0.15) is 5.10 Å². The molecule has 0 saturated heterocycles. The summed E-state index contributed by atoms with van der Waals surface area (Å²) in [4.78, 5) is 32.0. The summed E-state index contributed by atoms with van der Waals surface area (Å²) in [6, 6.07) is 2.80. The second-order valence-electron chi connectivity index (χ2n) is 4.78. The van der Waals surface area contributed by atoms with E-state index in [1.54, 1.807) is 10.9 Å². The molecule has 11 heteroatoms. The Bertz CT molecular complexity index is 759. The minimum absolute atomic E-state index is 0.141. The average Bonchev–Trinajstić information content (AvgIpc) is 2.96. The average molecular weight is 354 g/mol. The molecule has 1 aromatic heterocycles. The number of nitrogens with one attached hydrogen (secondary N) is 1. The lowest BCUT2D eigenvalue weighted by Gasteiger charge is -2.05. The van der Waals surface area contributed by atoms with E-state index in [0.29, 0.717) is 18.0 Å². The molecule has 1 aromatic carbocycles. The van der Waals surface area contributed by atoms with E-state index in [-0.39, 0.29) is 12.1 Å². The Morgan fingerprint density at radius 1 is 1.21 bits per heavy atom. The van der Waals surface area contributed by atoms with Crippen molar-refractivity contribution < 1.29 is 14.6 Å². The maximum absolute atomic E-state index is 12.0. The molecule has 0 fully saturated rings. The van der Waals surface area contributed by atoms with E-state index in [4.69, 9.17) is 11.6 Å². The third-order valence-corrected chi connectivity index (χ3v) is 3.23. The molecule has 0 aliphatic carbocycles. The van der Waals surface area contributed by atoms with Gasteiger partial charge in [-0.05, 0) is 6.42 Å². The molecule has 0 bridgehead atoms. The summed E-state index contributed by atoms with van der Waals surface area (Å²) in [5.74, 6) is -0.625. The quantitative estimate of drug-likeness (QED) is 0.460. The van der Waals surface area contributed by atoms with Gasteiger partial charge in [-0.1, -0.05) is 11.6 Å². The number of nitro benzene ring substituents is 2. The summed E-state index contributed by atoms with van der Waals surface area (Å²) in [7, 11) is 0. The smallest absolute Gasteiger partial charge is 0.277 e. The van der Waals surface area contributed by atoms with Gasteiger partial charge in [0.2, 0.25) is 0 Å². The van der Waals surface area contributed by atoms with Crippen LogP contribution in [0.2, 0.25) is 5.02 Å². The van der Waals surface area contributed by atoms with Crippen molar-refractivity contribution in [2.75, 3.05) is 6.54 Å². The third-order valence-electron chi connectivity index (χ3n) is 3.04. The van der Waals surface area contributed by atoms with Crippen LogP contribution >= 0.6 is 11.6 Å². The first-order chi connectivity index (χ1) is 11.4. The molecule has 0 aliphatic heterocycles. The fourth-order valence-corrected chi connectivity index (χ4v) is 2.10. The molecule has 1 heterocycles. The van der Waals surface area contributed by atoms with Crippen molar-refractivity contribution in [3.05, 3.63) is 61.4 Å². The predicted octanol–water partition coefficient (Wildman–Crippen LogP) is 2.17. The summed E-state index contributed by atoms with van der Waals surface area (Å²) in [6.45, 7) is 0.787. The monoisotopic (exact) mass is 353 g/mol. The first kappa shape index (κ1) is 17.3. The van der Waals surface area contributed by atoms with Gasteiger partial charge in [0, 0.05) is 31.4 Å². The molecule has 0 saturated carbocycles. The Morgan fingerprint density at radius 2 is 1.83 bits per heavy atom. The van der Waals surface area contributed by atoms with Crippen LogP contribution in [0.4, 0.5) is 11.4 Å². The largest absolute Gasteiger partial charge is 0.352 e. The van der Waals surface area contributed by atoms with Crippen LogP contribution in [-0.2, 0) is 6.54 Å². The zero-order chi connectivity index (χ0) is 17.7. The standard InChI is InChI=1S/C13H12ClN5O5/c14-10-7-16-17(8-10)3-1-2-15-13(20)9-4-11(18(21)22)6-12(5-9)19(23)24/h4-8H,1-3H2,(H,15,20).